The van der Waals surface area contributed by atoms with Crippen molar-refractivity contribution in [2.75, 3.05) is 19.7 Å². The Labute approximate surface area is 154 Å². The van der Waals surface area contributed by atoms with Crippen LogP contribution >= 0.6 is 22.9 Å². The Kier molecular flexibility index (Phi) is 5.67. The van der Waals surface area contributed by atoms with E-state index in [1.807, 2.05) is 23.6 Å². The Morgan fingerprint density at radius 1 is 1.40 bits per heavy atom. The number of carbonyl (C=O) groups excluding carboxylic acids is 1. The molecule has 1 aromatic carbocycles. The summed E-state index contributed by atoms with van der Waals surface area (Å²) in [5.74, 6) is -1.00. The van der Waals surface area contributed by atoms with Crippen LogP contribution in [-0.4, -0.2) is 52.7 Å². The second kappa shape index (κ2) is 7.95. The van der Waals surface area contributed by atoms with E-state index in [-0.39, 0.29) is 18.7 Å². The number of carboxylic acid groups (broad SMARTS) is 1. The van der Waals surface area contributed by atoms with Gasteiger partial charge in [-0.2, -0.15) is 0 Å². The molecule has 132 valence electrons. The molecule has 0 unspecified atom stereocenters. The second-order valence-corrected chi connectivity index (χ2v) is 7.00. The lowest BCUT2D eigenvalue weighted by Gasteiger charge is -2.32. The molecule has 0 bridgehead atoms. The number of aromatic nitrogens is 1. The molecular weight excluding hydrogens is 364 g/mol. The van der Waals surface area contributed by atoms with Crippen molar-refractivity contribution in [2.45, 2.75) is 18.9 Å². The van der Waals surface area contributed by atoms with Crippen LogP contribution in [0.25, 0.3) is 10.6 Å². The highest BCUT2D eigenvalue weighted by atomic mass is 35.5. The van der Waals surface area contributed by atoms with Gasteiger partial charge in [0.05, 0.1) is 36.3 Å². The molecular formula is C17H17ClN2O4S. The molecule has 2 aromatic rings. The van der Waals surface area contributed by atoms with Crippen molar-refractivity contribution >= 4 is 34.8 Å². The van der Waals surface area contributed by atoms with Crippen molar-refractivity contribution in [3.8, 4) is 10.6 Å². The number of thiazole rings is 1. The molecule has 3 rings (SSSR count). The quantitative estimate of drug-likeness (QED) is 0.862. The first kappa shape index (κ1) is 17.8. The summed E-state index contributed by atoms with van der Waals surface area (Å²) in [5.41, 5.74) is 1.53. The third kappa shape index (κ3) is 4.56. The number of morpholine rings is 1. The summed E-state index contributed by atoms with van der Waals surface area (Å²) in [5, 5.41) is 12.1. The molecule has 1 aliphatic rings. The van der Waals surface area contributed by atoms with Crippen molar-refractivity contribution in [1.82, 2.24) is 9.88 Å². The lowest BCUT2D eigenvalue weighted by Crippen LogP contribution is -2.46. The molecule has 25 heavy (non-hydrogen) atoms. The zero-order valence-corrected chi connectivity index (χ0v) is 14.9. The minimum Gasteiger partial charge on any atom is -0.481 e. The molecule has 1 fully saturated rings. The van der Waals surface area contributed by atoms with E-state index < -0.39 is 12.1 Å². The van der Waals surface area contributed by atoms with Crippen molar-refractivity contribution in [3.05, 3.63) is 40.4 Å². The molecule has 0 spiro atoms. The van der Waals surface area contributed by atoms with Gasteiger partial charge in [0.25, 0.3) is 0 Å². The van der Waals surface area contributed by atoms with Crippen LogP contribution in [0.5, 0.6) is 0 Å². The topological polar surface area (TPSA) is 79.7 Å². The summed E-state index contributed by atoms with van der Waals surface area (Å²) in [6, 6.07) is 7.45. The van der Waals surface area contributed by atoms with Gasteiger partial charge >= 0.3 is 5.97 Å². The largest absolute Gasteiger partial charge is 0.481 e. The van der Waals surface area contributed by atoms with Crippen molar-refractivity contribution in [2.24, 2.45) is 0 Å². The van der Waals surface area contributed by atoms with E-state index >= 15 is 0 Å². The van der Waals surface area contributed by atoms with Gasteiger partial charge in [0.15, 0.2) is 0 Å². The number of nitrogens with zero attached hydrogens (tertiary/aromatic N) is 2. The summed E-state index contributed by atoms with van der Waals surface area (Å²) in [7, 11) is 0. The molecule has 1 saturated heterocycles. The lowest BCUT2D eigenvalue weighted by atomic mass is 10.2. The zero-order chi connectivity index (χ0) is 17.8. The third-order valence-electron chi connectivity index (χ3n) is 3.88. The Bertz CT molecular complexity index is 780. The van der Waals surface area contributed by atoms with E-state index in [4.69, 9.17) is 21.4 Å². The summed E-state index contributed by atoms with van der Waals surface area (Å²) in [4.78, 5) is 29.4. The fraction of sp³-hybridized carbons (Fsp3) is 0.353. The molecule has 8 heteroatoms. The third-order valence-corrected chi connectivity index (χ3v) is 5.14. The Balaban J connectivity index is 1.64. The Morgan fingerprint density at radius 2 is 2.20 bits per heavy atom. The van der Waals surface area contributed by atoms with Crippen LogP contribution in [0, 0.1) is 0 Å². The molecule has 1 N–H and O–H groups in total. The standard InChI is InChI=1S/C17H17ClN2O4S/c18-14-4-2-1-3-13(14)17-19-11(10-25-17)7-15(21)20-5-6-24-12(9-20)8-16(22)23/h1-4,10,12H,5-9H2,(H,22,23)/t12-/m0/s1. The molecule has 0 radical (unpaired) electrons. The van der Waals surface area contributed by atoms with Crippen molar-refractivity contribution in [1.29, 1.82) is 0 Å². The van der Waals surface area contributed by atoms with E-state index in [0.29, 0.717) is 30.4 Å². The number of carbonyl (C=O) groups is 2. The SMILES string of the molecule is O=C(O)C[C@H]1CN(C(=O)Cc2csc(-c3ccccc3Cl)n2)CCO1. The van der Waals surface area contributed by atoms with Crippen LogP contribution in [0.2, 0.25) is 5.02 Å². The van der Waals surface area contributed by atoms with Gasteiger partial charge < -0.3 is 14.7 Å². The average Bonchev–Trinajstić information content (AvgIpc) is 3.03. The zero-order valence-electron chi connectivity index (χ0n) is 13.4. The Morgan fingerprint density at radius 3 is 2.96 bits per heavy atom. The number of carboxylic acids is 1. The first-order valence-electron chi connectivity index (χ1n) is 7.83. The molecule has 1 aromatic heterocycles. The molecule has 6 nitrogen and oxygen atoms in total. The number of amides is 1. The fourth-order valence-corrected chi connectivity index (χ4v) is 3.82. The Hall–Kier alpha value is -1.96. The van der Waals surface area contributed by atoms with Gasteiger partial charge in [-0.15, -0.1) is 11.3 Å². The highest BCUT2D eigenvalue weighted by Crippen LogP contribution is 2.30. The first-order chi connectivity index (χ1) is 12.0. The van der Waals surface area contributed by atoms with E-state index in [0.717, 1.165) is 10.6 Å². The average molecular weight is 381 g/mol. The predicted molar refractivity (Wildman–Crippen MR) is 94.8 cm³/mol. The maximum Gasteiger partial charge on any atom is 0.306 e. The second-order valence-electron chi connectivity index (χ2n) is 5.73. The smallest absolute Gasteiger partial charge is 0.306 e. The van der Waals surface area contributed by atoms with Crippen LogP contribution in [0.3, 0.4) is 0 Å². The van der Waals surface area contributed by atoms with Crippen molar-refractivity contribution < 1.29 is 19.4 Å². The molecule has 1 amide bonds. The lowest BCUT2D eigenvalue weighted by molar-refractivity contribution is -0.147. The normalized spacial score (nSPS) is 17.5. The molecule has 0 aliphatic carbocycles. The highest BCUT2D eigenvalue weighted by molar-refractivity contribution is 7.13. The summed E-state index contributed by atoms with van der Waals surface area (Å²) in [6.07, 6.45) is -0.373. The van der Waals surface area contributed by atoms with Gasteiger partial charge in [-0.1, -0.05) is 29.8 Å². The van der Waals surface area contributed by atoms with E-state index in [9.17, 15) is 9.59 Å². The number of hydrogen-bond donors (Lipinski definition) is 1. The van der Waals surface area contributed by atoms with Gasteiger partial charge in [-0.3, -0.25) is 9.59 Å². The minimum atomic E-state index is -0.928. The molecule has 1 aliphatic heterocycles. The van der Waals surface area contributed by atoms with Gasteiger partial charge in [-0.25, -0.2) is 4.98 Å². The number of benzene rings is 1. The summed E-state index contributed by atoms with van der Waals surface area (Å²) in [6.45, 7) is 1.12. The maximum atomic E-state index is 12.5. The molecule has 2 heterocycles. The monoisotopic (exact) mass is 380 g/mol. The van der Waals surface area contributed by atoms with E-state index in [1.165, 1.54) is 11.3 Å². The van der Waals surface area contributed by atoms with Gasteiger partial charge in [0.1, 0.15) is 5.01 Å². The van der Waals surface area contributed by atoms with E-state index in [1.54, 1.807) is 11.0 Å². The predicted octanol–water partition coefficient (Wildman–Crippen LogP) is 2.71. The van der Waals surface area contributed by atoms with Crippen LogP contribution in [0.15, 0.2) is 29.6 Å². The minimum absolute atomic E-state index is 0.0744. The fourth-order valence-electron chi connectivity index (χ4n) is 2.68. The number of hydrogen-bond acceptors (Lipinski definition) is 5. The number of rotatable bonds is 5. The van der Waals surface area contributed by atoms with Crippen LogP contribution in [0.1, 0.15) is 12.1 Å². The summed E-state index contributed by atoms with van der Waals surface area (Å²) >= 11 is 7.63. The van der Waals surface area contributed by atoms with Gasteiger partial charge in [0, 0.05) is 24.0 Å². The van der Waals surface area contributed by atoms with Crippen molar-refractivity contribution in [3.63, 3.8) is 0 Å². The number of aliphatic carboxylic acids is 1. The van der Waals surface area contributed by atoms with Gasteiger partial charge in [0.2, 0.25) is 5.91 Å². The highest BCUT2D eigenvalue weighted by Gasteiger charge is 2.26. The van der Waals surface area contributed by atoms with Crippen LogP contribution in [0.4, 0.5) is 0 Å². The number of ether oxygens (including phenoxy) is 1. The van der Waals surface area contributed by atoms with Crippen LogP contribution < -0.4 is 0 Å². The molecule has 0 saturated carbocycles. The van der Waals surface area contributed by atoms with E-state index in [2.05, 4.69) is 4.98 Å². The maximum absolute atomic E-state index is 12.5. The van der Waals surface area contributed by atoms with Gasteiger partial charge in [-0.05, 0) is 6.07 Å². The molecule has 1 atom stereocenters. The number of halogens is 1. The first-order valence-corrected chi connectivity index (χ1v) is 9.09. The summed E-state index contributed by atoms with van der Waals surface area (Å²) < 4.78 is 5.39. The van der Waals surface area contributed by atoms with Crippen LogP contribution in [-0.2, 0) is 20.7 Å².